The van der Waals surface area contributed by atoms with Crippen molar-refractivity contribution in [1.82, 2.24) is 10.2 Å². The lowest BCUT2D eigenvalue weighted by Gasteiger charge is -2.21. The van der Waals surface area contributed by atoms with Crippen molar-refractivity contribution >= 4 is 5.91 Å². The lowest BCUT2D eigenvalue weighted by Crippen LogP contribution is -2.37. The van der Waals surface area contributed by atoms with Crippen molar-refractivity contribution in [2.24, 2.45) is 0 Å². The van der Waals surface area contributed by atoms with E-state index in [4.69, 9.17) is 0 Å². The van der Waals surface area contributed by atoms with Crippen LogP contribution < -0.4 is 5.32 Å². The van der Waals surface area contributed by atoms with E-state index in [1.54, 1.807) is 17.1 Å². The summed E-state index contributed by atoms with van der Waals surface area (Å²) < 4.78 is 0. The number of nitrogens with one attached hydrogen (secondary N) is 1. The summed E-state index contributed by atoms with van der Waals surface area (Å²) in [6, 6.07) is 0.383. The van der Waals surface area contributed by atoms with Gasteiger partial charge in [-0.25, -0.2) is 0 Å². The fraction of sp³-hybridized carbons (Fsp3) is 0.667. The molecule has 0 aliphatic carbocycles. The van der Waals surface area contributed by atoms with Crippen LogP contribution in [0.25, 0.3) is 0 Å². The van der Waals surface area contributed by atoms with E-state index in [2.05, 4.69) is 5.32 Å². The number of nitrogens with zero attached hydrogens (tertiary/aromatic N) is 1. The molecule has 1 saturated heterocycles. The first kappa shape index (κ1) is 9.26. The number of amides is 1. The summed E-state index contributed by atoms with van der Waals surface area (Å²) in [5, 5.41) is 3.23. The van der Waals surface area contributed by atoms with Gasteiger partial charge in [0.15, 0.2) is 0 Å². The van der Waals surface area contributed by atoms with Crippen molar-refractivity contribution in [2.45, 2.75) is 19.4 Å². The molecule has 1 fully saturated rings. The maximum atomic E-state index is 11.3. The number of hydrogen-bond acceptors (Lipinski definition) is 2. The first-order chi connectivity index (χ1) is 5.75. The minimum atomic E-state index is 0.103. The number of carbonyl (C=O) groups is 1. The third-order valence-corrected chi connectivity index (χ3v) is 2.24. The fourth-order valence-corrected chi connectivity index (χ4v) is 1.41. The first-order valence-electron chi connectivity index (χ1n) is 4.36. The molecule has 0 aromatic rings. The Kier molecular flexibility index (Phi) is 3.29. The molecule has 0 spiro atoms. The number of rotatable bonds is 2. The summed E-state index contributed by atoms with van der Waals surface area (Å²) in [5.41, 5.74) is 0. The molecule has 1 heterocycles. The second-order valence-electron chi connectivity index (χ2n) is 3.10. The molecule has 1 aliphatic rings. The molecular formula is C9H16N2O. The Balaban J connectivity index is 2.45. The van der Waals surface area contributed by atoms with Gasteiger partial charge in [-0.05, 0) is 26.0 Å². The number of carbonyl (C=O) groups excluding carboxylic acids is 1. The minimum Gasteiger partial charge on any atom is -0.338 e. The van der Waals surface area contributed by atoms with Crippen LogP contribution in [-0.4, -0.2) is 37.0 Å². The van der Waals surface area contributed by atoms with Gasteiger partial charge < -0.3 is 10.2 Å². The van der Waals surface area contributed by atoms with Crippen LogP contribution in [0.2, 0.25) is 0 Å². The molecule has 12 heavy (non-hydrogen) atoms. The molecule has 0 aromatic carbocycles. The van der Waals surface area contributed by atoms with E-state index in [-0.39, 0.29) is 5.91 Å². The topological polar surface area (TPSA) is 32.3 Å². The van der Waals surface area contributed by atoms with Gasteiger partial charge in [-0.3, -0.25) is 4.79 Å². The first-order valence-corrected chi connectivity index (χ1v) is 4.36. The third-order valence-electron chi connectivity index (χ3n) is 2.24. The molecule has 0 radical (unpaired) electrons. The third kappa shape index (κ3) is 2.08. The van der Waals surface area contributed by atoms with E-state index in [0.29, 0.717) is 6.04 Å². The van der Waals surface area contributed by atoms with Crippen molar-refractivity contribution in [3.05, 3.63) is 12.2 Å². The highest BCUT2D eigenvalue weighted by Crippen LogP contribution is 2.06. The van der Waals surface area contributed by atoms with Crippen LogP contribution in [0.3, 0.4) is 0 Å². The molecule has 0 saturated carbocycles. The van der Waals surface area contributed by atoms with E-state index in [1.807, 2.05) is 14.0 Å². The van der Waals surface area contributed by atoms with Crippen molar-refractivity contribution in [2.75, 3.05) is 20.1 Å². The SMILES string of the molecule is C/C=C/C(=O)N(C)C1CCNC1. The molecule has 1 rings (SSSR count). The average molecular weight is 168 g/mol. The Morgan fingerprint density at radius 2 is 2.42 bits per heavy atom. The average Bonchev–Trinajstić information content (AvgIpc) is 2.55. The molecule has 1 atom stereocenters. The number of likely N-dealkylation sites (N-methyl/N-ethyl adjacent to an activating group) is 1. The van der Waals surface area contributed by atoms with Gasteiger partial charge in [0, 0.05) is 19.6 Å². The van der Waals surface area contributed by atoms with Crippen molar-refractivity contribution in [3.63, 3.8) is 0 Å². The van der Waals surface area contributed by atoms with Gasteiger partial charge in [0.25, 0.3) is 0 Å². The molecule has 1 amide bonds. The quantitative estimate of drug-likeness (QED) is 0.605. The van der Waals surface area contributed by atoms with Crippen molar-refractivity contribution in [3.8, 4) is 0 Å². The monoisotopic (exact) mass is 168 g/mol. The predicted molar refractivity (Wildman–Crippen MR) is 48.9 cm³/mol. The van der Waals surface area contributed by atoms with Crippen LogP contribution in [-0.2, 0) is 4.79 Å². The smallest absolute Gasteiger partial charge is 0.246 e. The van der Waals surface area contributed by atoms with Gasteiger partial charge in [-0.15, -0.1) is 0 Å². The van der Waals surface area contributed by atoms with Gasteiger partial charge in [0.2, 0.25) is 5.91 Å². The standard InChI is InChI=1S/C9H16N2O/c1-3-4-9(12)11(2)8-5-6-10-7-8/h3-4,8,10H,5-7H2,1-2H3/b4-3+. The summed E-state index contributed by atoms with van der Waals surface area (Å²) in [4.78, 5) is 13.1. The van der Waals surface area contributed by atoms with E-state index in [0.717, 1.165) is 19.5 Å². The number of hydrogen-bond donors (Lipinski definition) is 1. The van der Waals surface area contributed by atoms with E-state index < -0.39 is 0 Å². The molecule has 1 N–H and O–H groups in total. The Morgan fingerprint density at radius 3 is 2.92 bits per heavy atom. The van der Waals surface area contributed by atoms with Crippen LogP contribution >= 0.6 is 0 Å². The van der Waals surface area contributed by atoms with Crippen molar-refractivity contribution < 1.29 is 4.79 Å². The zero-order chi connectivity index (χ0) is 8.97. The molecule has 3 nitrogen and oxygen atoms in total. The van der Waals surface area contributed by atoms with E-state index in [9.17, 15) is 4.79 Å². The van der Waals surface area contributed by atoms with E-state index in [1.165, 1.54) is 0 Å². The molecular weight excluding hydrogens is 152 g/mol. The maximum Gasteiger partial charge on any atom is 0.246 e. The Morgan fingerprint density at radius 1 is 1.67 bits per heavy atom. The highest BCUT2D eigenvalue weighted by atomic mass is 16.2. The van der Waals surface area contributed by atoms with Gasteiger partial charge in [-0.1, -0.05) is 6.08 Å². The minimum absolute atomic E-state index is 0.103. The summed E-state index contributed by atoms with van der Waals surface area (Å²) >= 11 is 0. The van der Waals surface area contributed by atoms with Gasteiger partial charge in [0.05, 0.1) is 0 Å². The molecule has 68 valence electrons. The molecule has 3 heteroatoms. The highest BCUT2D eigenvalue weighted by Gasteiger charge is 2.21. The van der Waals surface area contributed by atoms with Crippen LogP contribution in [0.1, 0.15) is 13.3 Å². The normalized spacial score (nSPS) is 23.3. The van der Waals surface area contributed by atoms with Crippen LogP contribution in [0, 0.1) is 0 Å². The van der Waals surface area contributed by atoms with E-state index >= 15 is 0 Å². The Hall–Kier alpha value is -0.830. The van der Waals surface area contributed by atoms with Gasteiger partial charge in [0.1, 0.15) is 0 Å². The fourth-order valence-electron chi connectivity index (χ4n) is 1.41. The summed E-state index contributed by atoms with van der Waals surface area (Å²) in [6.45, 7) is 3.82. The molecule has 0 bridgehead atoms. The van der Waals surface area contributed by atoms with Gasteiger partial charge >= 0.3 is 0 Å². The second-order valence-corrected chi connectivity index (χ2v) is 3.10. The molecule has 1 unspecified atom stereocenters. The highest BCUT2D eigenvalue weighted by molar-refractivity contribution is 5.87. The lowest BCUT2D eigenvalue weighted by molar-refractivity contribution is -0.126. The summed E-state index contributed by atoms with van der Waals surface area (Å²) in [7, 11) is 1.86. The zero-order valence-corrected chi connectivity index (χ0v) is 7.71. The van der Waals surface area contributed by atoms with Crippen LogP contribution in [0.5, 0.6) is 0 Å². The predicted octanol–water partition coefficient (Wildman–Crippen LogP) is 0.383. The van der Waals surface area contributed by atoms with Gasteiger partial charge in [-0.2, -0.15) is 0 Å². The van der Waals surface area contributed by atoms with Crippen LogP contribution in [0.4, 0.5) is 0 Å². The summed E-state index contributed by atoms with van der Waals surface area (Å²) in [6.07, 6.45) is 4.46. The lowest BCUT2D eigenvalue weighted by atomic mass is 10.2. The summed E-state index contributed by atoms with van der Waals surface area (Å²) in [5.74, 6) is 0.103. The Labute approximate surface area is 73.4 Å². The van der Waals surface area contributed by atoms with Crippen LogP contribution in [0.15, 0.2) is 12.2 Å². The second kappa shape index (κ2) is 4.26. The molecule has 0 aromatic heterocycles. The largest absolute Gasteiger partial charge is 0.338 e. The maximum absolute atomic E-state index is 11.3. The Bertz CT molecular complexity index is 183. The van der Waals surface area contributed by atoms with Crippen molar-refractivity contribution in [1.29, 1.82) is 0 Å². The zero-order valence-electron chi connectivity index (χ0n) is 7.71. The number of allylic oxidation sites excluding steroid dienone is 1. The molecule has 1 aliphatic heterocycles.